The zero-order chi connectivity index (χ0) is 11.6. The van der Waals surface area contributed by atoms with Crippen LogP contribution in [0.25, 0.3) is 0 Å². The zero-order valence-electron chi connectivity index (χ0n) is 10.0. The molecule has 94 valence electrons. The van der Waals surface area contributed by atoms with Crippen molar-refractivity contribution in [1.82, 2.24) is 0 Å². The predicted octanol–water partition coefficient (Wildman–Crippen LogP) is 1.77. The van der Waals surface area contributed by atoms with Crippen molar-refractivity contribution < 1.29 is 19.0 Å². The van der Waals surface area contributed by atoms with Crippen molar-refractivity contribution in [2.45, 2.75) is 38.2 Å². The number of hydrogen-bond acceptors (Lipinski definition) is 4. The van der Waals surface area contributed by atoms with E-state index in [9.17, 15) is 4.79 Å². The molecule has 4 nitrogen and oxygen atoms in total. The van der Waals surface area contributed by atoms with Crippen LogP contribution in [0, 0.1) is 5.92 Å². The van der Waals surface area contributed by atoms with Gasteiger partial charge in [-0.15, -0.1) is 0 Å². The second-order valence-corrected chi connectivity index (χ2v) is 4.17. The zero-order valence-corrected chi connectivity index (χ0v) is 10.0. The van der Waals surface area contributed by atoms with Gasteiger partial charge < -0.3 is 19.0 Å². The lowest BCUT2D eigenvalue weighted by Crippen LogP contribution is -2.29. The molecule has 1 fully saturated rings. The van der Waals surface area contributed by atoms with Crippen LogP contribution in [0.2, 0.25) is 0 Å². The lowest BCUT2D eigenvalue weighted by atomic mass is 9.85. The average Bonchev–Trinajstić information content (AvgIpc) is 2.31. The van der Waals surface area contributed by atoms with Crippen LogP contribution < -0.4 is 0 Å². The molecule has 4 heteroatoms. The Balaban J connectivity index is 2.14. The van der Waals surface area contributed by atoms with Crippen LogP contribution in [0.4, 0.5) is 0 Å². The Morgan fingerprint density at radius 2 is 2.06 bits per heavy atom. The fourth-order valence-corrected chi connectivity index (χ4v) is 2.12. The minimum atomic E-state index is 0.196. The molecule has 0 spiro atoms. The molecule has 1 aliphatic rings. The van der Waals surface area contributed by atoms with Crippen LogP contribution >= 0.6 is 0 Å². The first-order chi connectivity index (χ1) is 7.88. The smallest absolute Gasteiger partial charge is 0.147 e. The number of ether oxygens (including phenoxy) is 3. The van der Waals surface area contributed by atoms with Crippen molar-refractivity contribution in [2.24, 2.45) is 5.92 Å². The summed E-state index contributed by atoms with van der Waals surface area (Å²) in [5.41, 5.74) is 0. The fraction of sp³-hybridized carbons (Fsp3) is 0.917. The molecule has 0 aromatic carbocycles. The quantitative estimate of drug-likeness (QED) is 0.362. The Hall–Kier alpha value is -0.450. The highest BCUT2D eigenvalue weighted by Crippen LogP contribution is 2.28. The first-order valence-electron chi connectivity index (χ1n) is 6.00. The van der Waals surface area contributed by atoms with Crippen LogP contribution in [-0.4, -0.2) is 39.5 Å². The van der Waals surface area contributed by atoms with E-state index in [1.807, 2.05) is 0 Å². The van der Waals surface area contributed by atoms with Crippen LogP contribution in [0.15, 0.2) is 0 Å². The van der Waals surface area contributed by atoms with Gasteiger partial charge in [-0.1, -0.05) is 12.8 Å². The third kappa shape index (κ3) is 5.05. The SMILES string of the molecule is COCCOCO[C@@H]1CCCC[C@H]1CC=O. The second-order valence-electron chi connectivity index (χ2n) is 4.17. The van der Waals surface area contributed by atoms with Crippen molar-refractivity contribution in [1.29, 1.82) is 0 Å². The molecule has 0 aromatic heterocycles. The van der Waals surface area contributed by atoms with Gasteiger partial charge in [-0.3, -0.25) is 0 Å². The van der Waals surface area contributed by atoms with E-state index in [1.54, 1.807) is 7.11 Å². The summed E-state index contributed by atoms with van der Waals surface area (Å²) in [6.07, 6.45) is 6.36. The summed E-state index contributed by atoms with van der Waals surface area (Å²) in [5, 5.41) is 0. The number of aldehydes is 1. The molecule has 16 heavy (non-hydrogen) atoms. The van der Waals surface area contributed by atoms with E-state index in [2.05, 4.69) is 0 Å². The molecule has 1 aliphatic carbocycles. The van der Waals surface area contributed by atoms with Gasteiger partial charge in [-0.25, -0.2) is 0 Å². The molecule has 0 amide bonds. The van der Waals surface area contributed by atoms with Crippen molar-refractivity contribution in [2.75, 3.05) is 27.1 Å². The predicted molar refractivity (Wildman–Crippen MR) is 60.2 cm³/mol. The monoisotopic (exact) mass is 230 g/mol. The summed E-state index contributed by atoms with van der Waals surface area (Å²) in [6, 6.07) is 0. The number of carbonyl (C=O) groups excluding carboxylic acids is 1. The summed E-state index contributed by atoms with van der Waals surface area (Å²) in [7, 11) is 1.64. The summed E-state index contributed by atoms with van der Waals surface area (Å²) < 4.78 is 15.8. The van der Waals surface area contributed by atoms with Gasteiger partial charge in [0.1, 0.15) is 13.1 Å². The van der Waals surface area contributed by atoms with Crippen molar-refractivity contribution in [3.63, 3.8) is 0 Å². The van der Waals surface area contributed by atoms with Gasteiger partial charge in [0.05, 0.1) is 19.3 Å². The molecule has 0 aliphatic heterocycles. The van der Waals surface area contributed by atoms with Gasteiger partial charge in [-0.2, -0.15) is 0 Å². The van der Waals surface area contributed by atoms with E-state index in [0.717, 1.165) is 19.1 Å². The van der Waals surface area contributed by atoms with Crippen molar-refractivity contribution >= 4 is 6.29 Å². The maximum atomic E-state index is 10.5. The van der Waals surface area contributed by atoms with Crippen molar-refractivity contribution in [3.8, 4) is 0 Å². The molecule has 1 rings (SSSR count). The minimum Gasteiger partial charge on any atom is -0.382 e. The Labute approximate surface area is 97.2 Å². The van der Waals surface area contributed by atoms with Gasteiger partial charge in [0.2, 0.25) is 0 Å². The molecule has 0 bridgehead atoms. The van der Waals surface area contributed by atoms with E-state index >= 15 is 0 Å². The molecule has 0 unspecified atom stereocenters. The third-order valence-corrected chi connectivity index (χ3v) is 3.04. The first-order valence-corrected chi connectivity index (χ1v) is 6.00. The van der Waals surface area contributed by atoms with Crippen LogP contribution in [-0.2, 0) is 19.0 Å². The van der Waals surface area contributed by atoms with E-state index in [4.69, 9.17) is 14.2 Å². The Kier molecular flexibility index (Phi) is 7.38. The Bertz CT molecular complexity index is 184. The van der Waals surface area contributed by atoms with Gasteiger partial charge >= 0.3 is 0 Å². The highest BCUT2D eigenvalue weighted by Gasteiger charge is 2.25. The van der Waals surface area contributed by atoms with Crippen molar-refractivity contribution in [3.05, 3.63) is 0 Å². The lowest BCUT2D eigenvalue weighted by molar-refractivity contribution is -0.127. The first kappa shape index (κ1) is 13.6. The molecular weight excluding hydrogens is 208 g/mol. The third-order valence-electron chi connectivity index (χ3n) is 3.04. The van der Waals surface area contributed by atoms with E-state index in [-0.39, 0.29) is 6.10 Å². The van der Waals surface area contributed by atoms with Crippen LogP contribution in [0.1, 0.15) is 32.1 Å². The highest BCUT2D eigenvalue weighted by atomic mass is 16.7. The van der Waals surface area contributed by atoms with E-state index in [1.165, 1.54) is 12.8 Å². The molecule has 1 saturated carbocycles. The maximum absolute atomic E-state index is 10.5. The van der Waals surface area contributed by atoms with Gasteiger partial charge in [-0.05, 0) is 18.8 Å². The number of hydrogen-bond donors (Lipinski definition) is 0. The maximum Gasteiger partial charge on any atom is 0.147 e. The van der Waals surface area contributed by atoms with E-state index in [0.29, 0.717) is 32.3 Å². The summed E-state index contributed by atoms with van der Waals surface area (Å²) in [6.45, 7) is 1.46. The molecule has 2 atom stereocenters. The molecule has 0 heterocycles. The van der Waals surface area contributed by atoms with Crippen LogP contribution in [0.3, 0.4) is 0 Å². The Morgan fingerprint density at radius 1 is 1.25 bits per heavy atom. The Morgan fingerprint density at radius 3 is 2.81 bits per heavy atom. The fourth-order valence-electron chi connectivity index (χ4n) is 2.12. The number of carbonyl (C=O) groups is 1. The minimum absolute atomic E-state index is 0.196. The highest BCUT2D eigenvalue weighted by molar-refractivity contribution is 5.49. The number of methoxy groups -OCH3 is 1. The second kappa shape index (κ2) is 8.67. The number of rotatable bonds is 8. The lowest BCUT2D eigenvalue weighted by Gasteiger charge is -2.30. The normalized spacial score (nSPS) is 25.6. The molecule has 0 saturated heterocycles. The molecule has 0 radical (unpaired) electrons. The molecule has 0 aromatic rings. The van der Waals surface area contributed by atoms with Crippen LogP contribution in [0.5, 0.6) is 0 Å². The van der Waals surface area contributed by atoms with Gasteiger partial charge in [0.15, 0.2) is 0 Å². The van der Waals surface area contributed by atoms with Gasteiger partial charge in [0.25, 0.3) is 0 Å². The average molecular weight is 230 g/mol. The summed E-state index contributed by atoms with van der Waals surface area (Å²) in [4.78, 5) is 10.5. The van der Waals surface area contributed by atoms with E-state index < -0.39 is 0 Å². The summed E-state index contributed by atoms with van der Waals surface area (Å²) >= 11 is 0. The van der Waals surface area contributed by atoms with Gasteiger partial charge in [0, 0.05) is 13.5 Å². The standard InChI is InChI=1S/C12H22O4/c1-14-8-9-15-10-16-12-5-3-2-4-11(12)6-7-13/h7,11-12H,2-6,8-10H2,1H3/t11-,12+/m0/s1. The largest absolute Gasteiger partial charge is 0.382 e. The topological polar surface area (TPSA) is 44.8 Å². The summed E-state index contributed by atoms with van der Waals surface area (Å²) in [5.74, 6) is 0.386. The molecule has 0 N–H and O–H groups in total. The molecular formula is C12H22O4.